The van der Waals surface area contributed by atoms with Gasteiger partial charge in [-0.25, -0.2) is 0 Å². The van der Waals surface area contributed by atoms with Crippen molar-refractivity contribution in [1.29, 1.82) is 0 Å². The Morgan fingerprint density at radius 3 is 1.39 bits per heavy atom. The number of aliphatic hydroxyl groups excluding tert-OH is 4. The number of allylic oxidation sites excluding steroid dienone is 3. The lowest BCUT2D eigenvalue weighted by Crippen LogP contribution is -2.62. The molecule has 23 heteroatoms. The van der Waals surface area contributed by atoms with Crippen molar-refractivity contribution in [3.05, 3.63) is 22.8 Å². The standard InChI is InChI=1S/C61H96O23/c1-27(63)35-15-16-37-36-14-13-33-19-34(17-18-61(33,7)38(36)20-39(64)51(35)37)78-46-21-40(68-8)55(28(2)73-46)80-47-22-41(69-9)56(29(3)74-47)81-48-23-42(70-10)57(30(4)75-48)82-49-24-43(71-11)58(31(5)76-49)83-50-25-44(72-12)59(32(6)77-50)84-60-54(67)53(66)52(65)45(26-62)79-60/h13,28-32,34-36,38,40-50,52-60,62,65-67H,14-26H2,1-12H3/t28-,29-,30+,31+,32+,34-,35+,36-,38-,40-,41-,42-,43-,44+,45+,46?,47?,48?,49?,50?,52+,53-,54+,55-,56-,57+,58+,59-,60-,61-/m0/s1. The van der Waals surface area contributed by atoms with Crippen LogP contribution in [0.1, 0.15) is 126 Å². The van der Waals surface area contributed by atoms with Crippen LogP contribution in [-0.4, -0.2) is 234 Å². The number of ether oxygens (including phenoxy) is 17. The largest absolute Gasteiger partial charge is 0.394 e. The van der Waals surface area contributed by atoms with Gasteiger partial charge < -0.3 is 101 Å². The van der Waals surface area contributed by atoms with Crippen LogP contribution in [0.2, 0.25) is 0 Å². The zero-order valence-electron chi connectivity index (χ0n) is 51.1. The number of methoxy groups -OCH3 is 5. The first-order chi connectivity index (χ1) is 40.2. The second kappa shape index (κ2) is 27.6. The molecule has 6 aliphatic heterocycles. The number of rotatable bonds is 19. The van der Waals surface area contributed by atoms with Crippen molar-refractivity contribution < 1.29 is 111 Å². The van der Waals surface area contributed by atoms with Crippen LogP contribution in [0.3, 0.4) is 0 Å². The molecule has 478 valence electrons. The first-order valence-electron chi connectivity index (χ1n) is 30.8. The molecule has 0 aromatic heterocycles. The molecule has 6 heterocycles. The molecule has 0 amide bonds. The molecule has 7 fully saturated rings. The van der Waals surface area contributed by atoms with Gasteiger partial charge in [0, 0.05) is 85.6 Å². The molecule has 10 rings (SSSR count). The third-order valence-corrected chi connectivity index (χ3v) is 20.5. The van der Waals surface area contributed by atoms with Gasteiger partial charge in [-0.15, -0.1) is 0 Å². The average molecular weight is 1200 g/mol. The van der Waals surface area contributed by atoms with Crippen LogP contribution in [0.4, 0.5) is 0 Å². The molecule has 1 saturated carbocycles. The summed E-state index contributed by atoms with van der Waals surface area (Å²) in [4.78, 5) is 26.1. The third-order valence-electron chi connectivity index (χ3n) is 20.5. The van der Waals surface area contributed by atoms with Gasteiger partial charge in [0.15, 0.2) is 43.5 Å². The average Bonchev–Trinajstić information content (AvgIpc) is 1.42. The summed E-state index contributed by atoms with van der Waals surface area (Å²) in [7, 11) is 8.10. The monoisotopic (exact) mass is 1200 g/mol. The van der Waals surface area contributed by atoms with Crippen LogP contribution in [0.15, 0.2) is 22.8 Å². The van der Waals surface area contributed by atoms with E-state index in [1.54, 1.807) is 42.3 Å². The molecule has 4 N–H and O–H groups in total. The quantitative estimate of drug-likeness (QED) is 0.134. The molecular formula is C61H96O23. The van der Waals surface area contributed by atoms with Gasteiger partial charge >= 0.3 is 0 Å². The highest BCUT2D eigenvalue weighted by Crippen LogP contribution is 2.60. The Morgan fingerprint density at radius 2 is 0.988 bits per heavy atom. The highest BCUT2D eigenvalue weighted by molar-refractivity contribution is 6.04. The smallest absolute Gasteiger partial charge is 0.187 e. The molecule has 23 nitrogen and oxygen atoms in total. The van der Waals surface area contributed by atoms with Gasteiger partial charge in [-0.1, -0.05) is 24.1 Å². The summed E-state index contributed by atoms with van der Waals surface area (Å²) < 4.78 is 107. The van der Waals surface area contributed by atoms with Crippen molar-refractivity contribution in [2.75, 3.05) is 42.2 Å². The molecule has 30 atom stereocenters. The van der Waals surface area contributed by atoms with Crippen LogP contribution in [-0.2, 0) is 90.1 Å². The second-order valence-electron chi connectivity index (χ2n) is 25.5. The summed E-state index contributed by atoms with van der Waals surface area (Å²) in [6.07, 6.45) is -8.15. The number of fused-ring (bicyclic) bond motifs is 4. The molecule has 0 radical (unpaired) electrons. The summed E-state index contributed by atoms with van der Waals surface area (Å²) in [6, 6.07) is 0. The maximum Gasteiger partial charge on any atom is 0.187 e. The zero-order chi connectivity index (χ0) is 60.1. The Bertz CT molecular complexity index is 2290. The first-order valence-corrected chi connectivity index (χ1v) is 30.8. The summed E-state index contributed by atoms with van der Waals surface area (Å²) in [5.74, 6) is 0.663. The normalized spacial score (nSPS) is 49.2. The number of ketones is 2. The van der Waals surface area contributed by atoms with Gasteiger partial charge in [0.05, 0.1) is 73.8 Å². The van der Waals surface area contributed by atoms with Crippen LogP contribution in [0.25, 0.3) is 0 Å². The summed E-state index contributed by atoms with van der Waals surface area (Å²) >= 11 is 0. The van der Waals surface area contributed by atoms with Crippen LogP contribution in [0, 0.1) is 23.2 Å². The molecule has 0 bridgehead atoms. The number of Topliss-reactive ketones (excluding diaryl/α,β-unsaturated/α-hetero) is 2. The third kappa shape index (κ3) is 13.3. The number of hydrogen-bond donors (Lipinski definition) is 4. The molecule has 0 aromatic carbocycles. The Morgan fingerprint density at radius 1 is 0.571 bits per heavy atom. The van der Waals surface area contributed by atoms with E-state index >= 15 is 0 Å². The molecule has 0 spiro atoms. The van der Waals surface area contributed by atoms with Gasteiger partial charge in [-0.05, 0) is 97.3 Å². The fourth-order valence-electron chi connectivity index (χ4n) is 15.8. The summed E-state index contributed by atoms with van der Waals surface area (Å²) in [5.41, 5.74) is 3.40. The zero-order valence-corrected chi connectivity index (χ0v) is 51.1. The Balaban J connectivity index is 0.678. The molecule has 4 aliphatic carbocycles. The minimum Gasteiger partial charge on any atom is -0.394 e. The van der Waals surface area contributed by atoms with Gasteiger partial charge in [0.25, 0.3) is 0 Å². The van der Waals surface area contributed by atoms with Crippen LogP contribution < -0.4 is 0 Å². The maximum absolute atomic E-state index is 13.6. The number of aliphatic hydroxyl groups is 4. The first kappa shape index (κ1) is 64.9. The molecular weight excluding hydrogens is 1100 g/mol. The Hall–Kier alpha value is -2.02. The Kier molecular flexibility index (Phi) is 21.3. The molecule has 84 heavy (non-hydrogen) atoms. The molecule has 10 aliphatic rings. The van der Waals surface area contributed by atoms with Gasteiger partial charge in [0.1, 0.15) is 60.7 Å². The van der Waals surface area contributed by atoms with Crippen molar-refractivity contribution in [1.82, 2.24) is 0 Å². The highest BCUT2D eigenvalue weighted by atomic mass is 16.8. The van der Waals surface area contributed by atoms with E-state index < -0.39 is 148 Å². The number of carbonyl (C=O) groups is 2. The van der Waals surface area contributed by atoms with Crippen molar-refractivity contribution in [2.45, 2.75) is 285 Å². The van der Waals surface area contributed by atoms with E-state index in [1.807, 2.05) is 27.7 Å². The van der Waals surface area contributed by atoms with Crippen LogP contribution >= 0.6 is 0 Å². The van der Waals surface area contributed by atoms with E-state index in [9.17, 15) is 30.0 Å². The van der Waals surface area contributed by atoms with Crippen molar-refractivity contribution in [2.24, 2.45) is 23.2 Å². The molecule has 0 aromatic rings. The van der Waals surface area contributed by atoms with Crippen molar-refractivity contribution in [3.63, 3.8) is 0 Å². The predicted molar refractivity (Wildman–Crippen MR) is 293 cm³/mol. The fraction of sp³-hybridized carbons (Fsp3) is 0.902. The Labute approximate surface area is 494 Å². The lowest BCUT2D eigenvalue weighted by molar-refractivity contribution is -0.360. The van der Waals surface area contributed by atoms with Crippen LogP contribution in [0.5, 0.6) is 0 Å². The minimum absolute atomic E-state index is 0.0291. The molecule has 6 saturated heterocycles. The van der Waals surface area contributed by atoms with E-state index in [1.165, 1.54) is 18.3 Å². The summed E-state index contributed by atoms with van der Waals surface area (Å²) in [6.45, 7) is 12.9. The maximum atomic E-state index is 13.6. The summed E-state index contributed by atoms with van der Waals surface area (Å²) in [5, 5.41) is 40.9. The number of carbonyl (C=O) groups excluding carboxylic acids is 2. The van der Waals surface area contributed by atoms with E-state index in [-0.39, 0.29) is 53.6 Å². The predicted octanol–water partition coefficient (Wildman–Crippen LogP) is 3.87. The van der Waals surface area contributed by atoms with Crippen molar-refractivity contribution >= 4 is 11.6 Å². The van der Waals surface area contributed by atoms with E-state index in [4.69, 9.17) is 80.5 Å². The fourth-order valence-corrected chi connectivity index (χ4v) is 15.8. The van der Waals surface area contributed by atoms with Crippen molar-refractivity contribution in [3.8, 4) is 0 Å². The molecule has 5 unspecified atom stereocenters. The minimum atomic E-state index is -1.60. The van der Waals surface area contributed by atoms with Gasteiger partial charge in [0.2, 0.25) is 0 Å². The SMILES string of the molecule is CO[C@H]1CC(O[C@H]2CC[C@@]3(C)C(=CC[C@H]4C5=C(C(=O)C[C@@H]43)[C@@H](C(C)=O)CC5)C2)O[C@@H](C)[C@@H]1OC1C[C@H](OC)[C@@H](OC2C[C@H](OC)[C@H](OC3C[C@H](OC)[C@H](OC4C[C@@H](OC)[C@@H](O[C@@H]5O[C@H](CO)[C@@H](O)[C@H](O)[C@H]5O)[C@@H](C)O4)[C@@H](C)O3)[C@@H](C)O2)[C@H](C)O1. The lowest BCUT2D eigenvalue weighted by atomic mass is 9.52. The van der Waals surface area contributed by atoms with Gasteiger partial charge in [-0.2, -0.15) is 0 Å². The van der Waals surface area contributed by atoms with Gasteiger partial charge in [-0.3, -0.25) is 9.59 Å². The second-order valence-corrected chi connectivity index (χ2v) is 25.5. The number of hydrogen-bond acceptors (Lipinski definition) is 23. The van der Waals surface area contributed by atoms with E-state index in [0.29, 0.717) is 38.0 Å². The lowest BCUT2D eigenvalue weighted by Gasteiger charge is -2.53. The topological polar surface area (TPSA) is 272 Å². The highest BCUT2D eigenvalue weighted by Gasteiger charge is 2.55. The van der Waals surface area contributed by atoms with E-state index in [2.05, 4.69) is 13.0 Å². The van der Waals surface area contributed by atoms with E-state index in [0.717, 1.165) is 44.1 Å².